The number of nitrogens with zero attached hydrogens (tertiary/aromatic N) is 1. The van der Waals surface area contributed by atoms with Crippen molar-refractivity contribution in [1.29, 1.82) is 0 Å². The van der Waals surface area contributed by atoms with Crippen LogP contribution >= 0.6 is 0 Å². The lowest BCUT2D eigenvalue weighted by molar-refractivity contribution is -0.155. The van der Waals surface area contributed by atoms with Crippen molar-refractivity contribution in [1.82, 2.24) is 4.90 Å². The summed E-state index contributed by atoms with van der Waals surface area (Å²) in [5.74, 6) is 0.389. The molecule has 0 aromatic carbocycles. The second-order valence-electron chi connectivity index (χ2n) is 10.1. The second-order valence-corrected chi connectivity index (χ2v) is 10.1. The van der Waals surface area contributed by atoms with Crippen LogP contribution in [0.25, 0.3) is 0 Å². The van der Waals surface area contributed by atoms with E-state index in [9.17, 15) is 15.0 Å². The lowest BCUT2D eigenvalue weighted by atomic mass is 9.49. The second kappa shape index (κ2) is 9.23. The third-order valence-corrected chi connectivity index (χ3v) is 6.94. The number of ether oxygens (including phenoxy) is 1. The van der Waals surface area contributed by atoms with Crippen LogP contribution in [-0.4, -0.2) is 60.5 Å². The summed E-state index contributed by atoms with van der Waals surface area (Å²) < 4.78 is 5.68. The molecule has 2 aliphatic carbocycles. The van der Waals surface area contributed by atoms with Crippen LogP contribution in [0.3, 0.4) is 0 Å². The van der Waals surface area contributed by atoms with Gasteiger partial charge in [-0.2, -0.15) is 0 Å². The Morgan fingerprint density at radius 1 is 1.04 bits per heavy atom. The maximum Gasteiger partial charge on any atom is 0.305 e. The molecule has 4 atom stereocenters. The van der Waals surface area contributed by atoms with E-state index >= 15 is 0 Å². The Labute approximate surface area is 165 Å². The Morgan fingerprint density at radius 2 is 1.67 bits per heavy atom. The van der Waals surface area contributed by atoms with Crippen LogP contribution in [-0.2, 0) is 9.53 Å². The molecule has 5 nitrogen and oxygen atoms in total. The largest absolute Gasteiger partial charge is 0.465 e. The number of aliphatic hydroxyl groups is 2. The van der Waals surface area contributed by atoms with E-state index in [2.05, 4.69) is 32.6 Å². The Morgan fingerprint density at radius 3 is 2.26 bits per heavy atom. The standard InChI is InChI=1S/C22H41NO4/c1-5-23(6-2)9-7-8-19(26)27-17-21(4)11-18-10-20(3,15-24)13-22(12-18,14-21)16-25/h18,24-25H,5-17H2,1-4H3. The number of hydrogen-bond acceptors (Lipinski definition) is 5. The van der Waals surface area contributed by atoms with E-state index in [0.717, 1.165) is 58.2 Å². The molecule has 2 saturated carbocycles. The van der Waals surface area contributed by atoms with Crippen molar-refractivity contribution in [3.63, 3.8) is 0 Å². The van der Waals surface area contributed by atoms with Crippen LogP contribution in [0.2, 0.25) is 0 Å². The molecule has 5 heteroatoms. The van der Waals surface area contributed by atoms with Gasteiger partial charge in [0.2, 0.25) is 0 Å². The Bertz CT molecular complexity index is 493. The number of aliphatic hydroxyl groups excluding tert-OH is 2. The molecule has 0 aromatic heterocycles. The summed E-state index contributed by atoms with van der Waals surface area (Å²) in [6.45, 7) is 12.4. The van der Waals surface area contributed by atoms with Crippen molar-refractivity contribution in [3.8, 4) is 0 Å². The average Bonchev–Trinajstić information content (AvgIpc) is 2.62. The summed E-state index contributed by atoms with van der Waals surface area (Å²) in [7, 11) is 0. The lowest BCUT2D eigenvalue weighted by Crippen LogP contribution is -2.51. The number of carbonyl (C=O) groups is 1. The van der Waals surface area contributed by atoms with Gasteiger partial charge in [0.1, 0.15) is 0 Å². The van der Waals surface area contributed by atoms with Crippen LogP contribution in [0.15, 0.2) is 0 Å². The monoisotopic (exact) mass is 383 g/mol. The van der Waals surface area contributed by atoms with E-state index in [-0.39, 0.29) is 35.4 Å². The highest BCUT2D eigenvalue weighted by molar-refractivity contribution is 5.69. The van der Waals surface area contributed by atoms with Crippen LogP contribution < -0.4 is 0 Å². The first kappa shape index (κ1) is 22.6. The third-order valence-electron chi connectivity index (χ3n) is 6.94. The third kappa shape index (κ3) is 5.91. The van der Waals surface area contributed by atoms with Crippen LogP contribution in [0.1, 0.15) is 72.6 Å². The quantitative estimate of drug-likeness (QED) is 0.567. The van der Waals surface area contributed by atoms with Gasteiger partial charge in [-0.15, -0.1) is 0 Å². The minimum absolute atomic E-state index is 0.0725. The van der Waals surface area contributed by atoms with E-state index in [1.807, 2.05) is 0 Å². The van der Waals surface area contributed by atoms with Crippen LogP contribution in [0.4, 0.5) is 0 Å². The number of esters is 1. The fourth-order valence-corrected chi connectivity index (χ4v) is 6.11. The minimum Gasteiger partial charge on any atom is -0.465 e. The maximum absolute atomic E-state index is 12.2. The zero-order valence-electron chi connectivity index (χ0n) is 17.9. The van der Waals surface area contributed by atoms with Crippen molar-refractivity contribution in [2.75, 3.05) is 39.5 Å². The highest BCUT2D eigenvalue weighted by Gasteiger charge is 2.53. The zero-order valence-corrected chi connectivity index (χ0v) is 17.9. The molecule has 2 aliphatic rings. The summed E-state index contributed by atoms with van der Waals surface area (Å²) in [6, 6.07) is 0. The first-order chi connectivity index (χ1) is 12.7. The molecule has 27 heavy (non-hydrogen) atoms. The van der Waals surface area contributed by atoms with Crippen LogP contribution in [0.5, 0.6) is 0 Å². The normalized spacial score (nSPS) is 36.0. The molecule has 0 heterocycles. The summed E-state index contributed by atoms with van der Waals surface area (Å²) in [5, 5.41) is 20.0. The van der Waals surface area contributed by atoms with Gasteiger partial charge >= 0.3 is 5.97 Å². The van der Waals surface area contributed by atoms with Crippen LogP contribution in [0, 0.1) is 22.2 Å². The van der Waals surface area contributed by atoms with Gasteiger partial charge in [0.15, 0.2) is 0 Å². The first-order valence-corrected chi connectivity index (χ1v) is 10.8. The lowest BCUT2D eigenvalue weighted by Gasteiger charge is -2.56. The van der Waals surface area contributed by atoms with Gasteiger partial charge in [-0.3, -0.25) is 4.79 Å². The molecular weight excluding hydrogens is 342 g/mol. The number of hydrogen-bond donors (Lipinski definition) is 2. The molecule has 158 valence electrons. The fraction of sp³-hybridized carbons (Fsp3) is 0.955. The topological polar surface area (TPSA) is 70.0 Å². The van der Waals surface area contributed by atoms with Gasteiger partial charge in [-0.25, -0.2) is 0 Å². The molecule has 0 aromatic rings. The van der Waals surface area contributed by atoms with Gasteiger partial charge < -0.3 is 19.8 Å². The molecule has 2 bridgehead atoms. The summed E-state index contributed by atoms with van der Waals surface area (Å²) in [5.41, 5.74) is -0.298. The number of rotatable bonds is 10. The zero-order chi connectivity index (χ0) is 20.1. The first-order valence-electron chi connectivity index (χ1n) is 10.8. The minimum atomic E-state index is -0.136. The van der Waals surface area contributed by atoms with Crippen molar-refractivity contribution in [3.05, 3.63) is 0 Å². The van der Waals surface area contributed by atoms with E-state index in [1.165, 1.54) is 0 Å². The molecule has 4 unspecified atom stereocenters. The fourth-order valence-electron chi connectivity index (χ4n) is 6.11. The summed E-state index contributed by atoms with van der Waals surface area (Å²) in [4.78, 5) is 14.5. The van der Waals surface area contributed by atoms with E-state index in [1.54, 1.807) is 0 Å². The smallest absolute Gasteiger partial charge is 0.305 e. The van der Waals surface area contributed by atoms with Crippen molar-refractivity contribution in [2.45, 2.75) is 72.6 Å². The molecule has 2 rings (SSSR count). The molecule has 0 spiro atoms. The van der Waals surface area contributed by atoms with Gasteiger partial charge in [0.05, 0.1) is 6.61 Å². The van der Waals surface area contributed by atoms with Gasteiger partial charge in [-0.1, -0.05) is 27.7 Å². The summed E-state index contributed by atoms with van der Waals surface area (Å²) in [6.07, 6.45) is 6.09. The molecule has 0 saturated heterocycles. The Kier molecular flexibility index (Phi) is 7.74. The van der Waals surface area contributed by atoms with Gasteiger partial charge in [0.25, 0.3) is 0 Å². The van der Waals surface area contributed by atoms with E-state index < -0.39 is 0 Å². The number of carbonyl (C=O) groups excluding carboxylic acids is 1. The Balaban J connectivity index is 1.87. The predicted molar refractivity (Wildman–Crippen MR) is 107 cm³/mol. The van der Waals surface area contributed by atoms with Crippen molar-refractivity contribution in [2.24, 2.45) is 22.2 Å². The maximum atomic E-state index is 12.2. The van der Waals surface area contributed by atoms with Gasteiger partial charge in [-0.05, 0) is 74.9 Å². The van der Waals surface area contributed by atoms with E-state index in [4.69, 9.17) is 4.74 Å². The average molecular weight is 384 g/mol. The molecule has 0 aliphatic heterocycles. The highest BCUT2D eigenvalue weighted by atomic mass is 16.5. The summed E-state index contributed by atoms with van der Waals surface area (Å²) >= 11 is 0. The number of fused-ring (bicyclic) bond motifs is 2. The molecule has 0 amide bonds. The molecule has 2 N–H and O–H groups in total. The molecular formula is C22H41NO4. The van der Waals surface area contributed by atoms with Crippen molar-refractivity contribution >= 4 is 5.97 Å². The Hall–Kier alpha value is -0.650. The predicted octanol–water partition coefficient (Wildman–Crippen LogP) is 3.23. The van der Waals surface area contributed by atoms with E-state index in [0.29, 0.717) is 18.9 Å². The molecule has 0 radical (unpaired) electrons. The van der Waals surface area contributed by atoms with Gasteiger partial charge in [0, 0.05) is 25.0 Å². The van der Waals surface area contributed by atoms with Crippen molar-refractivity contribution < 1.29 is 19.7 Å². The molecule has 2 fully saturated rings. The SMILES string of the molecule is CCN(CC)CCCC(=O)OCC1(C)CC2CC(C)(CO)CC(CO)(C2)C1. The highest BCUT2D eigenvalue weighted by Crippen LogP contribution is 2.60.